The zero-order valence-corrected chi connectivity index (χ0v) is 10.3. The molecule has 19 heavy (non-hydrogen) atoms. The molecule has 6 heteroatoms. The van der Waals surface area contributed by atoms with Gasteiger partial charge in [-0.25, -0.2) is 4.79 Å². The second-order valence-corrected chi connectivity index (χ2v) is 4.44. The van der Waals surface area contributed by atoms with Gasteiger partial charge in [-0.15, -0.1) is 0 Å². The van der Waals surface area contributed by atoms with Crippen LogP contribution in [0.3, 0.4) is 0 Å². The van der Waals surface area contributed by atoms with Gasteiger partial charge in [0.1, 0.15) is 18.1 Å². The number of Topliss-reactive ketones (excluding diaryl/α,β-unsaturated/α-hetero) is 1. The molecule has 0 atom stereocenters. The smallest absolute Gasteiger partial charge is 0.317 e. The third-order valence-corrected chi connectivity index (χ3v) is 3.19. The van der Waals surface area contributed by atoms with Crippen LogP contribution in [0.5, 0.6) is 11.5 Å². The van der Waals surface area contributed by atoms with Crippen molar-refractivity contribution in [1.29, 1.82) is 0 Å². The molecule has 1 aromatic carbocycles. The highest BCUT2D eigenvalue weighted by atomic mass is 16.5. The van der Waals surface area contributed by atoms with Gasteiger partial charge >= 0.3 is 6.03 Å². The molecule has 3 rings (SSSR count). The number of benzene rings is 1. The maximum Gasteiger partial charge on any atom is 0.317 e. The van der Waals surface area contributed by atoms with Crippen molar-refractivity contribution in [2.45, 2.75) is 0 Å². The Morgan fingerprint density at radius 3 is 3.05 bits per heavy atom. The van der Waals surface area contributed by atoms with E-state index in [0.29, 0.717) is 43.3 Å². The summed E-state index contributed by atoms with van der Waals surface area (Å²) in [6, 6.07) is 5.12. The molecule has 0 aliphatic carbocycles. The van der Waals surface area contributed by atoms with Gasteiger partial charge in [-0.05, 0) is 12.1 Å². The average Bonchev–Trinajstić information content (AvgIpc) is 2.97. The summed E-state index contributed by atoms with van der Waals surface area (Å²) in [5.74, 6) is 1.21. The first-order valence-electron chi connectivity index (χ1n) is 6.20. The van der Waals surface area contributed by atoms with Crippen LogP contribution in [0.2, 0.25) is 0 Å². The molecule has 2 aliphatic heterocycles. The quantitative estimate of drug-likeness (QED) is 0.865. The average molecular weight is 262 g/mol. The second-order valence-electron chi connectivity index (χ2n) is 4.44. The number of hydrogen-bond donors (Lipinski definition) is 1. The standard InChI is InChI=1S/C13H14N2O4/c16-11-8-19-12-7-9(1-2-10(11)12)18-6-5-15-4-3-14-13(15)17/h1-2,7H,3-6,8H2,(H,14,17). The molecule has 100 valence electrons. The summed E-state index contributed by atoms with van der Waals surface area (Å²) in [7, 11) is 0. The maximum atomic E-state index is 11.4. The lowest BCUT2D eigenvalue weighted by molar-refractivity contribution is 0.0961. The number of ether oxygens (including phenoxy) is 2. The van der Waals surface area contributed by atoms with Gasteiger partial charge in [0.25, 0.3) is 0 Å². The second kappa shape index (κ2) is 4.79. The first kappa shape index (κ1) is 11.8. The van der Waals surface area contributed by atoms with Crippen molar-refractivity contribution in [3.63, 3.8) is 0 Å². The summed E-state index contributed by atoms with van der Waals surface area (Å²) in [5.41, 5.74) is 0.603. The molecule has 0 bridgehead atoms. The van der Waals surface area contributed by atoms with Crippen molar-refractivity contribution in [3.8, 4) is 11.5 Å². The summed E-state index contributed by atoms with van der Waals surface area (Å²) < 4.78 is 10.8. The van der Waals surface area contributed by atoms with Crippen LogP contribution in [-0.2, 0) is 0 Å². The van der Waals surface area contributed by atoms with Crippen molar-refractivity contribution in [2.24, 2.45) is 0 Å². The Balaban J connectivity index is 1.56. The van der Waals surface area contributed by atoms with Crippen LogP contribution >= 0.6 is 0 Å². The van der Waals surface area contributed by atoms with Gasteiger partial charge in [0.05, 0.1) is 12.1 Å². The minimum atomic E-state index is -0.0496. The summed E-state index contributed by atoms with van der Waals surface area (Å²) >= 11 is 0. The summed E-state index contributed by atoms with van der Waals surface area (Å²) in [6.45, 7) is 2.47. The van der Waals surface area contributed by atoms with Crippen LogP contribution in [0.15, 0.2) is 18.2 Å². The molecule has 1 saturated heterocycles. The van der Waals surface area contributed by atoms with Crippen molar-refractivity contribution < 1.29 is 19.1 Å². The van der Waals surface area contributed by atoms with Gasteiger partial charge in [0.15, 0.2) is 6.61 Å². The number of ketones is 1. The van der Waals surface area contributed by atoms with Crippen LogP contribution in [-0.4, -0.2) is 49.6 Å². The van der Waals surface area contributed by atoms with Crippen LogP contribution in [0.1, 0.15) is 10.4 Å². The van der Waals surface area contributed by atoms with Gasteiger partial charge in [-0.3, -0.25) is 4.79 Å². The van der Waals surface area contributed by atoms with E-state index in [1.54, 1.807) is 23.1 Å². The zero-order valence-electron chi connectivity index (χ0n) is 10.3. The Kier molecular flexibility index (Phi) is 2.98. The zero-order chi connectivity index (χ0) is 13.2. The number of nitrogens with zero attached hydrogens (tertiary/aromatic N) is 1. The molecular formula is C13H14N2O4. The number of carbonyl (C=O) groups is 2. The Morgan fingerprint density at radius 2 is 2.26 bits per heavy atom. The molecule has 0 radical (unpaired) electrons. The van der Waals surface area contributed by atoms with E-state index in [1.807, 2.05) is 0 Å². The number of amides is 2. The molecule has 2 aliphatic rings. The Bertz CT molecular complexity index is 529. The van der Waals surface area contributed by atoms with Gasteiger partial charge in [-0.1, -0.05) is 0 Å². The number of urea groups is 1. The molecule has 2 amide bonds. The summed E-state index contributed by atoms with van der Waals surface area (Å²) in [6.07, 6.45) is 0. The van der Waals surface area contributed by atoms with Crippen LogP contribution in [0.25, 0.3) is 0 Å². The van der Waals surface area contributed by atoms with Crippen LogP contribution in [0, 0.1) is 0 Å². The third kappa shape index (κ3) is 2.33. The topological polar surface area (TPSA) is 67.9 Å². The predicted octanol–water partition coefficient (Wildman–Crippen LogP) is 0.666. The van der Waals surface area contributed by atoms with E-state index in [9.17, 15) is 9.59 Å². The lowest BCUT2D eigenvalue weighted by Gasteiger charge is -2.14. The van der Waals surface area contributed by atoms with Crippen LogP contribution in [0.4, 0.5) is 4.79 Å². The van der Waals surface area contributed by atoms with Crippen molar-refractivity contribution >= 4 is 11.8 Å². The molecule has 1 fully saturated rings. The van der Waals surface area contributed by atoms with E-state index in [2.05, 4.69) is 5.32 Å². The minimum absolute atomic E-state index is 0.00436. The van der Waals surface area contributed by atoms with Crippen molar-refractivity contribution in [2.75, 3.05) is 32.8 Å². The highest BCUT2D eigenvalue weighted by Gasteiger charge is 2.22. The molecule has 0 spiro atoms. The number of rotatable bonds is 4. The lowest BCUT2D eigenvalue weighted by atomic mass is 10.1. The fraction of sp³-hybridized carbons (Fsp3) is 0.385. The largest absolute Gasteiger partial charge is 0.492 e. The van der Waals surface area contributed by atoms with Crippen molar-refractivity contribution in [1.82, 2.24) is 10.2 Å². The first-order valence-corrected chi connectivity index (χ1v) is 6.20. The molecule has 0 unspecified atom stereocenters. The van der Waals surface area contributed by atoms with Crippen molar-refractivity contribution in [3.05, 3.63) is 23.8 Å². The fourth-order valence-corrected chi connectivity index (χ4v) is 2.16. The monoisotopic (exact) mass is 262 g/mol. The van der Waals surface area contributed by atoms with Gasteiger partial charge in [0.2, 0.25) is 5.78 Å². The molecular weight excluding hydrogens is 248 g/mol. The number of fused-ring (bicyclic) bond motifs is 1. The first-order chi connectivity index (χ1) is 9.24. The van der Waals surface area contributed by atoms with E-state index in [-0.39, 0.29) is 18.4 Å². The fourth-order valence-electron chi connectivity index (χ4n) is 2.16. The molecule has 2 heterocycles. The van der Waals surface area contributed by atoms with Gasteiger partial charge in [0, 0.05) is 19.2 Å². The highest BCUT2D eigenvalue weighted by Crippen LogP contribution is 2.29. The number of nitrogens with one attached hydrogen (secondary N) is 1. The normalized spacial score (nSPS) is 17.2. The third-order valence-electron chi connectivity index (χ3n) is 3.19. The molecule has 0 saturated carbocycles. The summed E-state index contributed by atoms with van der Waals surface area (Å²) in [5, 5.41) is 2.73. The molecule has 1 N–H and O–H groups in total. The minimum Gasteiger partial charge on any atom is -0.492 e. The van der Waals surface area contributed by atoms with E-state index >= 15 is 0 Å². The Morgan fingerprint density at radius 1 is 1.37 bits per heavy atom. The highest BCUT2D eigenvalue weighted by molar-refractivity contribution is 6.02. The van der Waals surface area contributed by atoms with Gasteiger partial charge < -0.3 is 19.7 Å². The van der Waals surface area contributed by atoms with Gasteiger partial charge in [-0.2, -0.15) is 0 Å². The van der Waals surface area contributed by atoms with E-state index in [0.717, 1.165) is 0 Å². The Hall–Kier alpha value is -2.24. The molecule has 6 nitrogen and oxygen atoms in total. The summed E-state index contributed by atoms with van der Waals surface area (Å²) in [4.78, 5) is 24.4. The number of hydrogen-bond acceptors (Lipinski definition) is 4. The SMILES string of the molecule is O=C1COc2cc(OCCN3CCNC3=O)ccc21. The number of carbonyl (C=O) groups excluding carboxylic acids is 2. The van der Waals surface area contributed by atoms with E-state index in [1.165, 1.54) is 0 Å². The van der Waals surface area contributed by atoms with E-state index in [4.69, 9.17) is 9.47 Å². The van der Waals surface area contributed by atoms with E-state index < -0.39 is 0 Å². The van der Waals surface area contributed by atoms with Crippen LogP contribution < -0.4 is 14.8 Å². The lowest BCUT2D eigenvalue weighted by Crippen LogP contribution is -2.31. The maximum absolute atomic E-state index is 11.4. The Labute approximate surface area is 110 Å². The molecule has 1 aromatic rings. The predicted molar refractivity (Wildman–Crippen MR) is 66.7 cm³/mol. The molecule has 0 aromatic heterocycles.